The Bertz CT molecular complexity index is 592. The number of nitrogen functional groups attached to an aromatic ring is 1. The van der Waals surface area contributed by atoms with Crippen molar-refractivity contribution in [1.82, 2.24) is 15.0 Å². The highest BCUT2D eigenvalue weighted by Gasteiger charge is 2.08. The maximum Gasteiger partial charge on any atom is 0.323 e. The number of halogens is 1. The SMILES string of the molecule is CC(C)Oc1nc(NN)nc(Nc2cccc(Cl)c2)n1. The number of benzene rings is 1. The van der Waals surface area contributed by atoms with E-state index < -0.39 is 0 Å². The van der Waals surface area contributed by atoms with E-state index in [1.807, 2.05) is 26.0 Å². The third-order valence-corrected chi connectivity index (χ3v) is 2.40. The fourth-order valence-corrected chi connectivity index (χ4v) is 1.63. The van der Waals surface area contributed by atoms with Crippen LogP contribution in [-0.2, 0) is 0 Å². The van der Waals surface area contributed by atoms with Gasteiger partial charge in [-0.1, -0.05) is 17.7 Å². The molecular formula is C12H15ClN6O. The van der Waals surface area contributed by atoms with Crippen molar-refractivity contribution in [3.8, 4) is 6.01 Å². The van der Waals surface area contributed by atoms with Crippen molar-refractivity contribution in [2.24, 2.45) is 5.84 Å². The summed E-state index contributed by atoms with van der Waals surface area (Å²) in [7, 11) is 0. The summed E-state index contributed by atoms with van der Waals surface area (Å²) >= 11 is 5.92. The van der Waals surface area contributed by atoms with Gasteiger partial charge in [0.05, 0.1) is 6.10 Å². The van der Waals surface area contributed by atoms with Gasteiger partial charge in [-0.3, -0.25) is 5.43 Å². The second kappa shape index (κ2) is 6.36. The second-order valence-corrected chi connectivity index (χ2v) is 4.65. The van der Waals surface area contributed by atoms with Gasteiger partial charge in [-0.2, -0.15) is 15.0 Å². The minimum Gasteiger partial charge on any atom is -0.461 e. The lowest BCUT2D eigenvalue weighted by Crippen LogP contribution is -2.15. The van der Waals surface area contributed by atoms with Crippen LogP contribution < -0.4 is 21.3 Å². The molecule has 1 heterocycles. The van der Waals surface area contributed by atoms with Gasteiger partial charge in [-0.15, -0.1) is 0 Å². The summed E-state index contributed by atoms with van der Waals surface area (Å²) < 4.78 is 5.43. The van der Waals surface area contributed by atoms with Gasteiger partial charge in [-0.25, -0.2) is 5.84 Å². The topological polar surface area (TPSA) is 98.0 Å². The van der Waals surface area contributed by atoms with Crippen molar-refractivity contribution in [3.05, 3.63) is 29.3 Å². The van der Waals surface area contributed by atoms with Crippen molar-refractivity contribution in [3.63, 3.8) is 0 Å². The molecule has 1 aromatic carbocycles. The standard InChI is InChI=1S/C12H15ClN6O/c1-7(2)20-12-17-10(16-11(18-12)19-14)15-9-5-3-4-8(13)6-9/h3-7H,14H2,1-2H3,(H2,15,16,17,18,19). The molecule has 2 aromatic rings. The highest BCUT2D eigenvalue weighted by Crippen LogP contribution is 2.19. The molecule has 0 amide bonds. The molecule has 0 radical (unpaired) electrons. The van der Waals surface area contributed by atoms with Crippen molar-refractivity contribution in [2.45, 2.75) is 20.0 Å². The first-order valence-electron chi connectivity index (χ1n) is 5.99. The van der Waals surface area contributed by atoms with Crippen LogP contribution in [0, 0.1) is 0 Å². The lowest BCUT2D eigenvalue weighted by molar-refractivity contribution is 0.222. The lowest BCUT2D eigenvalue weighted by atomic mass is 10.3. The molecule has 2 rings (SSSR count). The first kappa shape index (κ1) is 14.3. The molecule has 0 fully saturated rings. The molecule has 106 valence electrons. The number of hydrogen-bond acceptors (Lipinski definition) is 7. The van der Waals surface area contributed by atoms with Crippen LogP contribution in [0.15, 0.2) is 24.3 Å². The number of rotatable bonds is 5. The van der Waals surface area contributed by atoms with Gasteiger partial charge in [0.1, 0.15) is 0 Å². The second-order valence-electron chi connectivity index (χ2n) is 4.21. The van der Waals surface area contributed by atoms with Gasteiger partial charge in [0.25, 0.3) is 0 Å². The summed E-state index contributed by atoms with van der Waals surface area (Å²) in [5.74, 6) is 5.85. The van der Waals surface area contributed by atoms with E-state index in [0.717, 1.165) is 5.69 Å². The summed E-state index contributed by atoms with van der Waals surface area (Å²) in [4.78, 5) is 12.2. The molecule has 0 aliphatic heterocycles. The van der Waals surface area contributed by atoms with Crippen LogP contribution in [0.5, 0.6) is 6.01 Å². The summed E-state index contributed by atoms with van der Waals surface area (Å²) in [6.45, 7) is 3.76. The molecule has 0 saturated carbocycles. The van der Waals surface area contributed by atoms with E-state index in [1.165, 1.54) is 0 Å². The molecule has 20 heavy (non-hydrogen) atoms. The summed E-state index contributed by atoms with van der Waals surface area (Å²) in [6.07, 6.45) is -0.0537. The number of nitrogens with zero attached hydrogens (tertiary/aromatic N) is 3. The Labute approximate surface area is 121 Å². The quantitative estimate of drug-likeness (QED) is 0.575. The van der Waals surface area contributed by atoms with Gasteiger partial charge in [0.2, 0.25) is 11.9 Å². The van der Waals surface area contributed by atoms with Crippen LogP contribution in [0.25, 0.3) is 0 Å². The van der Waals surface area contributed by atoms with Gasteiger partial charge in [0.15, 0.2) is 0 Å². The average molecular weight is 295 g/mol. The fourth-order valence-electron chi connectivity index (χ4n) is 1.44. The Balaban J connectivity index is 2.26. The molecule has 8 heteroatoms. The number of aromatic nitrogens is 3. The van der Waals surface area contributed by atoms with E-state index in [2.05, 4.69) is 25.7 Å². The molecule has 1 aromatic heterocycles. The normalized spacial score (nSPS) is 10.4. The summed E-state index contributed by atoms with van der Waals surface area (Å²) in [5, 5.41) is 3.62. The Morgan fingerprint density at radius 2 is 1.95 bits per heavy atom. The predicted octanol–water partition coefficient (Wildman–Crippen LogP) is 2.34. The number of ether oxygens (including phenoxy) is 1. The third kappa shape index (κ3) is 3.94. The molecule has 4 N–H and O–H groups in total. The van der Waals surface area contributed by atoms with Crippen molar-refractivity contribution < 1.29 is 4.74 Å². The highest BCUT2D eigenvalue weighted by molar-refractivity contribution is 6.30. The van der Waals surface area contributed by atoms with Crippen LogP contribution in [0.4, 0.5) is 17.6 Å². The van der Waals surface area contributed by atoms with Gasteiger partial charge < -0.3 is 10.1 Å². The number of nitrogens with two attached hydrogens (primary N) is 1. The monoisotopic (exact) mass is 294 g/mol. The van der Waals surface area contributed by atoms with Crippen molar-refractivity contribution in [1.29, 1.82) is 0 Å². The minimum absolute atomic E-state index is 0.0537. The van der Waals surface area contributed by atoms with Crippen LogP contribution in [0.2, 0.25) is 5.02 Å². The van der Waals surface area contributed by atoms with E-state index in [-0.39, 0.29) is 18.1 Å². The third-order valence-electron chi connectivity index (χ3n) is 2.17. The Morgan fingerprint density at radius 3 is 2.60 bits per heavy atom. The van der Waals surface area contributed by atoms with Crippen molar-refractivity contribution in [2.75, 3.05) is 10.7 Å². The smallest absolute Gasteiger partial charge is 0.323 e. The number of anilines is 3. The zero-order valence-corrected chi connectivity index (χ0v) is 11.8. The predicted molar refractivity (Wildman–Crippen MR) is 78.1 cm³/mol. The minimum atomic E-state index is -0.0537. The zero-order valence-electron chi connectivity index (χ0n) is 11.1. The first-order valence-corrected chi connectivity index (χ1v) is 6.36. The molecule has 0 spiro atoms. The van der Waals surface area contributed by atoms with Crippen LogP contribution >= 0.6 is 11.6 Å². The lowest BCUT2D eigenvalue weighted by Gasteiger charge is -2.11. The molecule has 0 aliphatic rings. The van der Waals surface area contributed by atoms with Gasteiger partial charge >= 0.3 is 6.01 Å². The fraction of sp³-hybridized carbons (Fsp3) is 0.250. The molecule has 0 saturated heterocycles. The maximum atomic E-state index is 5.92. The number of hydrogen-bond donors (Lipinski definition) is 3. The molecular weight excluding hydrogens is 280 g/mol. The molecule has 0 unspecified atom stereocenters. The maximum absolute atomic E-state index is 5.92. The summed E-state index contributed by atoms with van der Waals surface area (Å²) in [6, 6.07) is 7.38. The Kier molecular flexibility index (Phi) is 4.54. The number of nitrogens with one attached hydrogen (secondary N) is 2. The highest BCUT2D eigenvalue weighted by atomic mass is 35.5. The molecule has 0 aliphatic carbocycles. The van der Waals surface area contributed by atoms with Gasteiger partial charge in [-0.05, 0) is 32.0 Å². The van der Waals surface area contributed by atoms with E-state index in [4.69, 9.17) is 22.2 Å². The zero-order chi connectivity index (χ0) is 14.5. The van der Waals surface area contributed by atoms with Crippen molar-refractivity contribution >= 4 is 29.2 Å². The number of hydrazine groups is 1. The van der Waals surface area contributed by atoms with Crippen LogP contribution in [0.3, 0.4) is 0 Å². The molecule has 0 atom stereocenters. The molecule has 7 nitrogen and oxygen atoms in total. The van der Waals surface area contributed by atoms with E-state index in [0.29, 0.717) is 11.0 Å². The average Bonchev–Trinajstić information content (AvgIpc) is 2.37. The van der Waals surface area contributed by atoms with Gasteiger partial charge in [0, 0.05) is 10.7 Å². The van der Waals surface area contributed by atoms with E-state index in [9.17, 15) is 0 Å². The van der Waals surface area contributed by atoms with Crippen LogP contribution in [0.1, 0.15) is 13.8 Å². The Morgan fingerprint density at radius 1 is 1.20 bits per heavy atom. The summed E-state index contributed by atoms with van der Waals surface area (Å²) in [5.41, 5.74) is 3.12. The van der Waals surface area contributed by atoms with E-state index >= 15 is 0 Å². The largest absolute Gasteiger partial charge is 0.461 e. The molecule has 0 bridgehead atoms. The first-order chi connectivity index (χ1) is 9.56. The Hall–Kier alpha value is -2.12. The van der Waals surface area contributed by atoms with E-state index in [1.54, 1.807) is 12.1 Å². The van der Waals surface area contributed by atoms with Crippen LogP contribution in [-0.4, -0.2) is 21.1 Å².